The van der Waals surface area contributed by atoms with E-state index in [1.54, 1.807) is 6.07 Å². The van der Waals surface area contributed by atoms with Gasteiger partial charge in [-0.05, 0) is 44.4 Å². The van der Waals surface area contributed by atoms with Crippen LogP contribution in [0.25, 0.3) is 0 Å². The first-order chi connectivity index (χ1) is 8.63. The minimum Gasteiger partial charge on any atom is -0.465 e. The number of nitrogens with zero attached hydrogens (tertiary/aromatic N) is 1. The highest BCUT2D eigenvalue weighted by molar-refractivity contribution is 5.97. The summed E-state index contributed by atoms with van der Waals surface area (Å²) in [5, 5.41) is 0. The van der Waals surface area contributed by atoms with E-state index in [4.69, 9.17) is 10.5 Å². The molecule has 4 nitrogen and oxygen atoms in total. The standard InChI is InChI=1S/C14H20N2O2/c1-10-5-3-4-8-16(10)13-7-6-11(15)9-12(13)14(17)18-2/h6-7,9-10H,3-5,8,15H2,1-2H3/t10-/m1/s1. The van der Waals surface area contributed by atoms with Crippen molar-refractivity contribution in [3.05, 3.63) is 23.8 Å². The maximum Gasteiger partial charge on any atom is 0.340 e. The number of nitrogens with two attached hydrogens (primary N) is 1. The highest BCUT2D eigenvalue weighted by atomic mass is 16.5. The number of ether oxygens (including phenoxy) is 1. The molecule has 0 amide bonds. The minimum absolute atomic E-state index is 0.324. The summed E-state index contributed by atoms with van der Waals surface area (Å²) in [6.07, 6.45) is 3.57. The van der Waals surface area contributed by atoms with Crippen molar-refractivity contribution in [3.63, 3.8) is 0 Å². The van der Waals surface area contributed by atoms with Gasteiger partial charge in [-0.1, -0.05) is 0 Å². The highest BCUT2D eigenvalue weighted by Gasteiger charge is 2.23. The van der Waals surface area contributed by atoms with Gasteiger partial charge in [-0.25, -0.2) is 4.79 Å². The number of anilines is 2. The fourth-order valence-corrected chi connectivity index (χ4v) is 2.53. The molecule has 0 radical (unpaired) electrons. The molecule has 1 aromatic rings. The number of carbonyl (C=O) groups is 1. The predicted molar refractivity (Wildman–Crippen MR) is 72.9 cm³/mol. The van der Waals surface area contributed by atoms with E-state index in [1.165, 1.54) is 13.5 Å². The Labute approximate surface area is 108 Å². The number of piperidine rings is 1. The van der Waals surface area contributed by atoms with Crippen LogP contribution in [-0.4, -0.2) is 25.7 Å². The molecule has 1 atom stereocenters. The zero-order valence-electron chi connectivity index (χ0n) is 11.0. The predicted octanol–water partition coefficient (Wildman–Crippen LogP) is 2.43. The van der Waals surface area contributed by atoms with E-state index in [0.29, 0.717) is 17.3 Å². The van der Waals surface area contributed by atoms with E-state index in [9.17, 15) is 4.79 Å². The average molecular weight is 248 g/mol. The van der Waals surface area contributed by atoms with Gasteiger partial charge in [-0.15, -0.1) is 0 Å². The molecule has 0 saturated carbocycles. The molecule has 1 heterocycles. The van der Waals surface area contributed by atoms with Gasteiger partial charge in [0.15, 0.2) is 0 Å². The molecule has 0 unspecified atom stereocenters. The second kappa shape index (κ2) is 5.29. The molecule has 2 N–H and O–H groups in total. The summed E-state index contributed by atoms with van der Waals surface area (Å²) in [6.45, 7) is 3.17. The van der Waals surface area contributed by atoms with Crippen LogP contribution >= 0.6 is 0 Å². The van der Waals surface area contributed by atoms with Crippen LogP contribution in [0.2, 0.25) is 0 Å². The van der Waals surface area contributed by atoms with Crippen LogP contribution < -0.4 is 10.6 Å². The maximum atomic E-state index is 11.8. The molecule has 0 aromatic heterocycles. The smallest absolute Gasteiger partial charge is 0.340 e. The third-order valence-corrected chi connectivity index (χ3v) is 3.54. The van der Waals surface area contributed by atoms with Crippen molar-refractivity contribution < 1.29 is 9.53 Å². The molecule has 1 aliphatic heterocycles. The number of benzene rings is 1. The van der Waals surface area contributed by atoms with Gasteiger partial charge in [0.25, 0.3) is 0 Å². The molecule has 1 fully saturated rings. The van der Waals surface area contributed by atoms with Crippen molar-refractivity contribution in [2.75, 3.05) is 24.3 Å². The third-order valence-electron chi connectivity index (χ3n) is 3.54. The molecule has 18 heavy (non-hydrogen) atoms. The zero-order valence-corrected chi connectivity index (χ0v) is 11.0. The summed E-state index contributed by atoms with van der Waals surface area (Å²) in [4.78, 5) is 14.1. The van der Waals surface area contributed by atoms with Crippen LogP contribution in [0.4, 0.5) is 11.4 Å². The first kappa shape index (κ1) is 12.7. The molecule has 98 valence electrons. The van der Waals surface area contributed by atoms with Gasteiger partial charge in [-0.3, -0.25) is 0 Å². The number of esters is 1. The summed E-state index contributed by atoms with van der Waals surface area (Å²) >= 11 is 0. The van der Waals surface area contributed by atoms with Crippen LogP contribution in [0.3, 0.4) is 0 Å². The Morgan fingerprint density at radius 1 is 1.44 bits per heavy atom. The molecule has 1 saturated heterocycles. The SMILES string of the molecule is COC(=O)c1cc(N)ccc1N1CCCC[C@H]1C. The third kappa shape index (κ3) is 2.42. The topological polar surface area (TPSA) is 55.6 Å². The minimum atomic E-state index is -0.324. The Hall–Kier alpha value is -1.71. The summed E-state index contributed by atoms with van der Waals surface area (Å²) in [7, 11) is 1.40. The summed E-state index contributed by atoms with van der Waals surface area (Å²) in [5.74, 6) is -0.324. The molecule has 2 rings (SSSR count). The van der Waals surface area contributed by atoms with Crippen LogP contribution in [0, 0.1) is 0 Å². The molecule has 1 aliphatic rings. The van der Waals surface area contributed by atoms with E-state index in [-0.39, 0.29) is 5.97 Å². The van der Waals surface area contributed by atoms with Gasteiger partial charge in [0.2, 0.25) is 0 Å². The molecule has 1 aromatic carbocycles. The van der Waals surface area contributed by atoms with Crippen LogP contribution in [0.5, 0.6) is 0 Å². The number of nitrogen functional groups attached to an aromatic ring is 1. The molecular weight excluding hydrogens is 228 g/mol. The largest absolute Gasteiger partial charge is 0.465 e. The number of carbonyl (C=O) groups excluding carboxylic acids is 1. The van der Waals surface area contributed by atoms with E-state index in [2.05, 4.69) is 11.8 Å². The van der Waals surface area contributed by atoms with Crippen molar-refractivity contribution in [1.29, 1.82) is 0 Å². The van der Waals surface area contributed by atoms with Gasteiger partial charge in [0, 0.05) is 18.3 Å². The first-order valence-corrected chi connectivity index (χ1v) is 6.38. The number of hydrogen-bond acceptors (Lipinski definition) is 4. The lowest BCUT2D eigenvalue weighted by atomic mass is 10.0. The Balaban J connectivity index is 2.39. The summed E-state index contributed by atoms with van der Waals surface area (Å²) in [5.41, 5.74) is 7.84. The van der Waals surface area contributed by atoms with Crippen molar-refractivity contribution in [3.8, 4) is 0 Å². The Morgan fingerprint density at radius 2 is 2.22 bits per heavy atom. The van der Waals surface area contributed by atoms with Gasteiger partial charge in [0.1, 0.15) is 0 Å². The van der Waals surface area contributed by atoms with E-state index in [1.807, 2.05) is 12.1 Å². The lowest BCUT2D eigenvalue weighted by Crippen LogP contribution is -2.38. The fraction of sp³-hybridized carbons (Fsp3) is 0.500. The normalized spacial score (nSPS) is 19.7. The lowest BCUT2D eigenvalue weighted by molar-refractivity contribution is 0.0601. The van der Waals surface area contributed by atoms with Gasteiger partial charge in [0.05, 0.1) is 18.4 Å². The van der Waals surface area contributed by atoms with Gasteiger partial charge in [-0.2, -0.15) is 0 Å². The summed E-state index contributed by atoms with van der Waals surface area (Å²) in [6, 6.07) is 5.90. The van der Waals surface area contributed by atoms with Crippen molar-refractivity contribution in [2.24, 2.45) is 0 Å². The Morgan fingerprint density at radius 3 is 2.89 bits per heavy atom. The van der Waals surface area contributed by atoms with Gasteiger partial charge >= 0.3 is 5.97 Å². The second-order valence-corrected chi connectivity index (χ2v) is 4.81. The Kier molecular flexibility index (Phi) is 3.75. The van der Waals surface area contributed by atoms with E-state index >= 15 is 0 Å². The fourth-order valence-electron chi connectivity index (χ4n) is 2.53. The molecular formula is C14H20N2O2. The van der Waals surface area contributed by atoms with E-state index < -0.39 is 0 Å². The quantitative estimate of drug-likeness (QED) is 0.645. The zero-order chi connectivity index (χ0) is 13.1. The van der Waals surface area contributed by atoms with Crippen LogP contribution in [-0.2, 0) is 4.74 Å². The van der Waals surface area contributed by atoms with E-state index in [0.717, 1.165) is 25.1 Å². The summed E-state index contributed by atoms with van der Waals surface area (Å²) < 4.78 is 4.84. The molecule has 0 bridgehead atoms. The second-order valence-electron chi connectivity index (χ2n) is 4.81. The number of methoxy groups -OCH3 is 1. The molecule has 0 aliphatic carbocycles. The van der Waals surface area contributed by atoms with Crippen molar-refractivity contribution in [1.82, 2.24) is 0 Å². The average Bonchev–Trinajstić information content (AvgIpc) is 2.39. The monoisotopic (exact) mass is 248 g/mol. The highest BCUT2D eigenvalue weighted by Crippen LogP contribution is 2.29. The number of hydrogen-bond donors (Lipinski definition) is 1. The van der Waals surface area contributed by atoms with Crippen molar-refractivity contribution >= 4 is 17.3 Å². The van der Waals surface area contributed by atoms with Gasteiger partial charge < -0.3 is 15.4 Å². The molecule has 0 spiro atoms. The van der Waals surface area contributed by atoms with Crippen molar-refractivity contribution in [2.45, 2.75) is 32.2 Å². The van der Waals surface area contributed by atoms with Crippen LogP contribution in [0.15, 0.2) is 18.2 Å². The molecule has 4 heteroatoms. The van der Waals surface area contributed by atoms with Crippen LogP contribution in [0.1, 0.15) is 36.5 Å². The number of rotatable bonds is 2. The first-order valence-electron chi connectivity index (χ1n) is 6.38. The lowest BCUT2D eigenvalue weighted by Gasteiger charge is -2.36. The Bertz CT molecular complexity index is 445. The maximum absolute atomic E-state index is 11.8.